The van der Waals surface area contributed by atoms with Gasteiger partial charge in [-0.25, -0.2) is 8.42 Å². The van der Waals surface area contributed by atoms with Gasteiger partial charge in [0.2, 0.25) is 21.8 Å². The zero-order valence-electron chi connectivity index (χ0n) is 17.1. The second-order valence-corrected chi connectivity index (χ2v) is 10.4. The van der Waals surface area contributed by atoms with Crippen LogP contribution in [0.1, 0.15) is 36.8 Å². The smallest absolute Gasteiger partial charge is 0.243 e. The topological polar surface area (TPSA) is 78.0 Å². The third kappa shape index (κ3) is 3.73. The Morgan fingerprint density at radius 1 is 0.931 bits per heavy atom. The molecule has 3 aliphatic rings. The summed E-state index contributed by atoms with van der Waals surface area (Å²) in [6.07, 6.45) is 3.66. The summed E-state index contributed by atoms with van der Waals surface area (Å²) in [5.41, 5.74) is 1.79. The number of aryl methyl sites for hydroxylation is 2. The van der Waals surface area contributed by atoms with Crippen LogP contribution in [0.15, 0.2) is 23.1 Å². The van der Waals surface area contributed by atoms with Gasteiger partial charge in [0.25, 0.3) is 0 Å². The fourth-order valence-corrected chi connectivity index (χ4v) is 6.54. The summed E-state index contributed by atoms with van der Waals surface area (Å²) < 4.78 is 27.6. The molecule has 2 aliphatic heterocycles. The molecule has 1 aliphatic carbocycles. The van der Waals surface area contributed by atoms with Gasteiger partial charge >= 0.3 is 0 Å². The lowest BCUT2D eigenvalue weighted by Gasteiger charge is -2.35. The first-order valence-electron chi connectivity index (χ1n) is 10.4. The quantitative estimate of drug-likeness (QED) is 0.695. The molecule has 2 saturated heterocycles. The Labute approximate surface area is 172 Å². The van der Waals surface area contributed by atoms with Crippen LogP contribution in [0.5, 0.6) is 0 Å². The second-order valence-electron chi connectivity index (χ2n) is 8.53. The molecule has 8 heteroatoms. The lowest BCUT2D eigenvalue weighted by molar-refractivity contribution is -0.142. The van der Waals surface area contributed by atoms with Gasteiger partial charge in [-0.1, -0.05) is 30.5 Å². The van der Waals surface area contributed by atoms with Crippen molar-refractivity contribution in [3.05, 3.63) is 29.3 Å². The minimum atomic E-state index is -3.54. The van der Waals surface area contributed by atoms with E-state index in [1.165, 1.54) is 9.21 Å². The molecule has 0 N–H and O–H groups in total. The van der Waals surface area contributed by atoms with Gasteiger partial charge in [-0.15, -0.1) is 0 Å². The maximum Gasteiger partial charge on any atom is 0.243 e. The van der Waals surface area contributed by atoms with E-state index in [2.05, 4.69) is 0 Å². The lowest BCUT2D eigenvalue weighted by Crippen LogP contribution is -2.52. The van der Waals surface area contributed by atoms with Gasteiger partial charge in [-0.2, -0.15) is 4.31 Å². The standard InChI is InChI=1S/C21H29N3O4S/c1-15-7-8-19(16(2)13-15)29(27,28)23-11-9-22(10-12-23)14-24-20(25)17-5-3-4-6-18(17)21(24)26/h7-8,13,17-18H,3-6,9-12,14H2,1-2H3/t17-,18-/m1/s1. The average Bonchev–Trinajstić information content (AvgIpc) is 2.93. The predicted molar refractivity (Wildman–Crippen MR) is 108 cm³/mol. The Kier molecular flexibility index (Phi) is 5.52. The molecule has 0 radical (unpaired) electrons. The van der Waals surface area contributed by atoms with Gasteiger partial charge in [0.15, 0.2) is 0 Å². The van der Waals surface area contributed by atoms with Crippen LogP contribution in [0, 0.1) is 25.7 Å². The Morgan fingerprint density at radius 2 is 1.52 bits per heavy atom. The highest BCUT2D eigenvalue weighted by Gasteiger charge is 2.48. The van der Waals surface area contributed by atoms with E-state index in [-0.39, 0.29) is 30.3 Å². The fourth-order valence-electron chi connectivity index (χ4n) is 4.91. The highest BCUT2D eigenvalue weighted by Crippen LogP contribution is 2.38. The molecule has 2 amide bonds. The summed E-state index contributed by atoms with van der Waals surface area (Å²) in [5.74, 6) is -0.347. The lowest BCUT2D eigenvalue weighted by atomic mass is 9.81. The highest BCUT2D eigenvalue weighted by atomic mass is 32.2. The molecule has 29 heavy (non-hydrogen) atoms. The maximum atomic E-state index is 13.0. The predicted octanol–water partition coefficient (Wildman–Crippen LogP) is 1.74. The van der Waals surface area contributed by atoms with Crippen molar-refractivity contribution in [1.82, 2.24) is 14.1 Å². The number of carbonyl (C=O) groups excluding carboxylic acids is 2. The van der Waals surface area contributed by atoms with Gasteiger partial charge < -0.3 is 0 Å². The summed E-state index contributed by atoms with van der Waals surface area (Å²) in [5, 5.41) is 0. The summed E-state index contributed by atoms with van der Waals surface area (Å²) in [7, 11) is -3.54. The number of sulfonamides is 1. The van der Waals surface area contributed by atoms with Gasteiger partial charge in [0.05, 0.1) is 23.4 Å². The number of amides is 2. The Morgan fingerprint density at radius 3 is 2.07 bits per heavy atom. The Hall–Kier alpha value is -1.77. The molecule has 7 nitrogen and oxygen atoms in total. The third-order valence-corrected chi connectivity index (χ3v) is 8.61. The second kappa shape index (κ2) is 7.81. The van der Waals surface area contributed by atoms with Gasteiger partial charge in [-0.3, -0.25) is 19.4 Å². The average molecular weight is 420 g/mol. The Balaban J connectivity index is 1.39. The van der Waals surface area contributed by atoms with E-state index in [0.29, 0.717) is 31.1 Å². The van der Waals surface area contributed by atoms with E-state index < -0.39 is 10.0 Å². The summed E-state index contributed by atoms with van der Waals surface area (Å²) in [6, 6.07) is 5.38. The van der Waals surface area contributed by atoms with Crippen molar-refractivity contribution in [1.29, 1.82) is 0 Å². The number of nitrogens with zero attached hydrogens (tertiary/aromatic N) is 3. The van der Waals surface area contributed by atoms with Crippen molar-refractivity contribution in [2.45, 2.75) is 44.4 Å². The first kappa shape index (κ1) is 20.5. The van der Waals surface area contributed by atoms with E-state index in [1.54, 1.807) is 6.07 Å². The van der Waals surface area contributed by atoms with Crippen molar-refractivity contribution < 1.29 is 18.0 Å². The van der Waals surface area contributed by atoms with Crippen LogP contribution in [0.3, 0.4) is 0 Å². The van der Waals surface area contributed by atoms with E-state index in [0.717, 1.165) is 36.8 Å². The molecule has 4 rings (SSSR count). The van der Waals surface area contributed by atoms with E-state index in [4.69, 9.17) is 0 Å². The molecule has 2 heterocycles. The van der Waals surface area contributed by atoms with E-state index in [1.807, 2.05) is 30.9 Å². The molecular weight excluding hydrogens is 390 g/mol. The molecule has 0 bridgehead atoms. The summed E-state index contributed by atoms with van der Waals surface area (Å²) >= 11 is 0. The minimum Gasteiger partial charge on any atom is -0.283 e. The molecule has 1 aromatic carbocycles. The number of carbonyl (C=O) groups is 2. The van der Waals surface area contributed by atoms with Crippen molar-refractivity contribution in [3.63, 3.8) is 0 Å². The minimum absolute atomic E-state index is 0.0370. The van der Waals surface area contributed by atoms with E-state index in [9.17, 15) is 18.0 Å². The third-order valence-electron chi connectivity index (χ3n) is 6.55. The largest absolute Gasteiger partial charge is 0.283 e. The van der Waals surface area contributed by atoms with Crippen molar-refractivity contribution in [2.24, 2.45) is 11.8 Å². The van der Waals surface area contributed by atoms with Gasteiger partial charge in [0.1, 0.15) is 0 Å². The first-order valence-corrected chi connectivity index (χ1v) is 11.9. The number of piperazine rings is 1. The number of imide groups is 1. The van der Waals surface area contributed by atoms with Crippen molar-refractivity contribution >= 4 is 21.8 Å². The maximum absolute atomic E-state index is 13.0. The van der Waals surface area contributed by atoms with Crippen LogP contribution in [0.25, 0.3) is 0 Å². The van der Waals surface area contributed by atoms with Crippen LogP contribution < -0.4 is 0 Å². The Bertz CT molecular complexity index is 898. The van der Waals surface area contributed by atoms with Crippen molar-refractivity contribution in [2.75, 3.05) is 32.8 Å². The molecule has 1 aromatic rings. The van der Waals surface area contributed by atoms with E-state index >= 15 is 0 Å². The van der Waals surface area contributed by atoms with Crippen LogP contribution in [0.2, 0.25) is 0 Å². The zero-order chi connectivity index (χ0) is 20.8. The highest BCUT2D eigenvalue weighted by molar-refractivity contribution is 7.89. The molecule has 3 fully saturated rings. The number of rotatable bonds is 4. The van der Waals surface area contributed by atoms with Gasteiger partial charge in [0, 0.05) is 26.2 Å². The number of fused-ring (bicyclic) bond motifs is 1. The fraction of sp³-hybridized carbons (Fsp3) is 0.619. The summed E-state index contributed by atoms with van der Waals surface area (Å²) in [4.78, 5) is 29.1. The number of hydrogen-bond acceptors (Lipinski definition) is 5. The number of hydrogen-bond donors (Lipinski definition) is 0. The molecule has 2 atom stereocenters. The molecule has 1 saturated carbocycles. The number of benzene rings is 1. The van der Waals surface area contributed by atoms with Crippen LogP contribution >= 0.6 is 0 Å². The number of likely N-dealkylation sites (tertiary alicyclic amines) is 1. The normalized spacial score (nSPS) is 26.8. The van der Waals surface area contributed by atoms with Crippen molar-refractivity contribution in [3.8, 4) is 0 Å². The van der Waals surface area contributed by atoms with Gasteiger partial charge in [-0.05, 0) is 38.3 Å². The zero-order valence-corrected chi connectivity index (χ0v) is 18.0. The monoisotopic (exact) mass is 419 g/mol. The molecular formula is C21H29N3O4S. The van der Waals surface area contributed by atoms with Crippen LogP contribution in [-0.2, 0) is 19.6 Å². The van der Waals surface area contributed by atoms with Crippen LogP contribution in [-0.4, -0.2) is 67.2 Å². The SMILES string of the molecule is Cc1ccc(S(=O)(=O)N2CCN(CN3C(=O)[C@@H]4CCCC[C@H]4C3=O)CC2)c(C)c1. The molecule has 158 valence electrons. The van der Waals surface area contributed by atoms with Crippen LogP contribution in [0.4, 0.5) is 0 Å². The molecule has 0 spiro atoms. The molecule has 0 unspecified atom stereocenters. The summed E-state index contributed by atoms with van der Waals surface area (Å²) in [6.45, 7) is 5.78. The molecule has 0 aromatic heterocycles. The first-order chi connectivity index (χ1) is 13.8.